The molecule has 0 spiro atoms. The first-order valence-corrected chi connectivity index (χ1v) is 7.80. The molecule has 0 amide bonds. The molecule has 0 aliphatic heterocycles. The SMILES string of the molecule is CSCCN(Cc1ccc(Cl)nc1)C[C@@H](C)CF. The van der Waals surface area contributed by atoms with Crippen LogP contribution in [0.2, 0.25) is 5.15 Å². The van der Waals surface area contributed by atoms with Gasteiger partial charge in [0.1, 0.15) is 5.15 Å². The second-order valence-electron chi connectivity index (χ2n) is 4.48. The summed E-state index contributed by atoms with van der Waals surface area (Å²) in [6.07, 6.45) is 3.87. The lowest BCUT2D eigenvalue weighted by atomic mass is 10.2. The minimum atomic E-state index is -0.269. The van der Waals surface area contributed by atoms with Crippen LogP contribution in [0.15, 0.2) is 18.3 Å². The van der Waals surface area contributed by atoms with Gasteiger partial charge < -0.3 is 0 Å². The fraction of sp³-hybridized carbons (Fsp3) is 0.615. The standard InChI is InChI=1S/C13H20ClFN2S/c1-11(7-15)9-17(5-6-18-2)10-12-3-4-13(14)16-8-12/h3-4,8,11H,5-7,9-10H2,1-2H3/t11-/m0/s1. The third-order valence-electron chi connectivity index (χ3n) is 2.64. The van der Waals surface area contributed by atoms with Gasteiger partial charge >= 0.3 is 0 Å². The molecule has 0 saturated carbocycles. The number of halogens is 2. The number of aromatic nitrogens is 1. The lowest BCUT2D eigenvalue weighted by molar-refractivity contribution is 0.219. The highest BCUT2D eigenvalue weighted by Crippen LogP contribution is 2.11. The molecule has 1 heterocycles. The van der Waals surface area contributed by atoms with Crippen LogP contribution >= 0.6 is 23.4 Å². The molecule has 0 saturated heterocycles. The number of pyridine rings is 1. The van der Waals surface area contributed by atoms with Crippen LogP contribution in [0, 0.1) is 5.92 Å². The maximum atomic E-state index is 12.6. The van der Waals surface area contributed by atoms with E-state index >= 15 is 0 Å². The van der Waals surface area contributed by atoms with Crippen LogP contribution in [-0.2, 0) is 6.54 Å². The van der Waals surface area contributed by atoms with Crippen molar-refractivity contribution in [2.24, 2.45) is 5.92 Å². The van der Waals surface area contributed by atoms with Gasteiger partial charge in [0, 0.05) is 31.6 Å². The second-order valence-corrected chi connectivity index (χ2v) is 5.85. The van der Waals surface area contributed by atoms with Crippen molar-refractivity contribution in [3.8, 4) is 0 Å². The van der Waals surface area contributed by atoms with Gasteiger partial charge in [0.2, 0.25) is 0 Å². The van der Waals surface area contributed by atoms with E-state index in [0.29, 0.717) is 5.15 Å². The molecule has 0 aliphatic carbocycles. The lowest BCUT2D eigenvalue weighted by Gasteiger charge is -2.24. The van der Waals surface area contributed by atoms with Gasteiger partial charge in [-0.15, -0.1) is 0 Å². The van der Waals surface area contributed by atoms with E-state index in [4.69, 9.17) is 11.6 Å². The Bertz CT molecular complexity index is 334. The summed E-state index contributed by atoms with van der Waals surface area (Å²) in [6, 6.07) is 3.77. The number of nitrogens with zero attached hydrogens (tertiary/aromatic N) is 2. The van der Waals surface area contributed by atoms with E-state index in [1.54, 1.807) is 24.0 Å². The fourth-order valence-electron chi connectivity index (χ4n) is 1.70. The second kappa shape index (κ2) is 8.73. The Balaban J connectivity index is 2.56. The molecule has 5 heteroatoms. The molecule has 1 aromatic rings. The van der Waals surface area contributed by atoms with Gasteiger partial charge in [-0.3, -0.25) is 9.29 Å². The zero-order chi connectivity index (χ0) is 13.4. The minimum absolute atomic E-state index is 0.0760. The molecule has 1 rings (SSSR count). The number of rotatable bonds is 8. The summed E-state index contributed by atoms with van der Waals surface area (Å²) in [4.78, 5) is 6.34. The Hall–Kier alpha value is -0.320. The van der Waals surface area contributed by atoms with Crippen molar-refractivity contribution >= 4 is 23.4 Å². The van der Waals surface area contributed by atoms with Crippen LogP contribution in [-0.4, -0.2) is 41.7 Å². The first-order valence-electron chi connectivity index (χ1n) is 6.03. The smallest absolute Gasteiger partial charge is 0.129 e. The summed E-state index contributed by atoms with van der Waals surface area (Å²) >= 11 is 7.57. The molecule has 18 heavy (non-hydrogen) atoms. The molecule has 2 nitrogen and oxygen atoms in total. The van der Waals surface area contributed by atoms with Crippen LogP contribution in [0.25, 0.3) is 0 Å². The highest BCUT2D eigenvalue weighted by molar-refractivity contribution is 7.98. The Morgan fingerprint density at radius 3 is 2.83 bits per heavy atom. The van der Waals surface area contributed by atoms with Crippen molar-refractivity contribution in [3.05, 3.63) is 29.0 Å². The van der Waals surface area contributed by atoms with Gasteiger partial charge in [0.05, 0.1) is 6.67 Å². The highest BCUT2D eigenvalue weighted by atomic mass is 35.5. The van der Waals surface area contributed by atoms with Crippen LogP contribution in [0.3, 0.4) is 0 Å². The summed E-state index contributed by atoms with van der Waals surface area (Å²) in [7, 11) is 0. The number of thioether (sulfide) groups is 1. The zero-order valence-corrected chi connectivity index (χ0v) is 12.5. The normalized spacial score (nSPS) is 12.9. The summed E-state index contributed by atoms with van der Waals surface area (Å²) in [5.74, 6) is 1.13. The Morgan fingerprint density at radius 2 is 2.28 bits per heavy atom. The Kier molecular flexibility index (Phi) is 7.63. The topological polar surface area (TPSA) is 16.1 Å². The van der Waals surface area contributed by atoms with Crippen molar-refractivity contribution in [2.75, 3.05) is 31.8 Å². The third kappa shape index (κ3) is 6.03. The molecular weight excluding hydrogens is 271 g/mol. The third-order valence-corrected chi connectivity index (χ3v) is 3.45. The van der Waals surface area contributed by atoms with Gasteiger partial charge in [0.15, 0.2) is 0 Å². The Morgan fingerprint density at radius 1 is 1.50 bits per heavy atom. The van der Waals surface area contributed by atoms with Crippen molar-refractivity contribution in [3.63, 3.8) is 0 Å². The number of hydrogen-bond donors (Lipinski definition) is 0. The summed E-state index contributed by atoms with van der Waals surface area (Å²) < 4.78 is 12.6. The molecule has 0 fully saturated rings. The van der Waals surface area contributed by atoms with E-state index in [2.05, 4.69) is 16.1 Å². The summed E-state index contributed by atoms with van der Waals surface area (Å²) in [5.41, 5.74) is 1.12. The highest BCUT2D eigenvalue weighted by Gasteiger charge is 2.10. The first kappa shape index (κ1) is 15.7. The van der Waals surface area contributed by atoms with Crippen LogP contribution in [0.4, 0.5) is 4.39 Å². The monoisotopic (exact) mass is 290 g/mol. The van der Waals surface area contributed by atoms with Gasteiger partial charge in [-0.25, -0.2) is 4.98 Å². The van der Waals surface area contributed by atoms with Crippen molar-refractivity contribution in [1.29, 1.82) is 0 Å². The van der Waals surface area contributed by atoms with Crippen LogP contribution in [0.1, 0.15) is 12.5 Å². The molecule has 0 radical (unpaired) electrons. The summed E-state index contributed by atoms with van der Waals surface area (Å²) in [5, 5.41) is 0.506. The number of alkyl halides is 1. The van der Waals surface area contributed by atoms with Gasteiger partial charge in [-0.1, -0.05) is 24.6 Å². The maximum Gasteiger partial charge on any atom is 0.129 e. The molecule has 102 valence electrons. The van der Waals surface area contributed by atoms with E-state index < -0.39 is 0 Å². The quantitative estimate of drug-likeness (QED) is 0.682. The number of hydrogen-bond acceptors (Lipinski definition) is 3. The molecule has 0 unspecified atom stereocenters. The largest absolute Gasteiger partial charge is 0.298 e. The fourth-order valence-corrected chi connectivity index (χ4v) is 2.26. The van der Waals surface area contributed by atoms with E-state index in [9.17, 15) is 4.39 Å². The van der Waals surface area contributed by atoms with Gasteiger partial charge in [-0.2, -0.15) is 11.8 Å². The zero-order valence-electron chi connectivity index (χ0n) is 10.9. The first-order chi connectivity index (χ1) is 8.65. The minimum Gasteiger partial charge on any atom is -0.298 e. The van der Waals surface area contributed by atoms with Gasteiger partial charge in [0.25, 0.3) is 0 Å². The molecule has 0 aliphatic rings. The van der Waals surface area contributed by atoms with Crippen molar-refractivity contribution in [1.82, 2.24) is 9.88 Å². The van der Waals surface area contributed by atoms with E-state index in [1.165, 1.54) is 0 Å². The average molecular weight is 291 g/mol. The lowest BCUT2D eigenvalue weighted by Crippen LogP contribution is -2.31. The van der Waals surface area contributed by atoms with E-state index in [1.807, 2.05) is 13.0 Å². The van der Waals surface area contributed by atoms with Crippen molar-refractivity contribution in [2.45, 2.75) is 13.5 Å². The predicted octanol–water partition coefficient (Wildman–Crippen LogP) is 3.51. The molecule has 0 N–H and O–H groups in total. The van der Waals surface area contributed by atoms with Crippen LogP contribution in [0.5, 0.6) is 0 Å². The Labute approximate surface area is 118 Å². The molecule has 1 atom stereocenters. The predicted molar refractivity (Wildman–Crippen MR) is 78.0 cm³/mol. The molecule has 0 aromatic carbocycles. The maximum absolute atomic E-state index is 12.6. The van der Waals surface area contributed by atoms with Gasteiger partial charge in [-0.05, 0) is 23.8 Å². The van der Waals surface area contributed by atoms with Crippen molar-refractivity contribution < 1.29 is 4.39 Å². The molecule has 1 aromatic heterocycles. The van der Waals surface area contributed by atoms with Crippen LogP contribution < -0.4 is 0 Å². The summed E-state index contributed by atoms with van der Waals surface area (Å²) in [6.45, 7) is 4.21. The van der Waals surface area contributed by atoms with E-state index in [-0.39, 0.29) is 12.6 Å². The average Bonchev–Trinajstić information content (AvgIpc) is 2.38. The molecule has 0 bridgehead atoms. The van der Waals surface area contributed by atoms with E-state index in [0.717, 1.165) is 31.0 Å². The molecular formula is C13H20ClFN2S.